The lowest BCUT2D eigenvalue weighted by molar-refractivity contribution is 0.0618. The third-order valence-electron chi connectivity index (χ3n) is 7.16. The van der Waals surface area contributed by atoms with Crippen LogP contribution in [-0.2, 0) is 6.54 Å². The monoisotopic (exact) mass is 539 g/mol. The van der Waals surface area contributed by atoms with Gasteiger partial charge < -0.3 is 9.64 Å². The number of hydrogen-bond acceptors (Lipinski definition) is 3. The number of hydrogen-bond donors (Lipinski definition) is 0. The van der Waals surface area contributed by atoms with Crippen molar-refractivity contribution in [2.75, 3.05) is 7.11 Å². The second kappa shape index (κ2) is 10.8. The van der Waals surface area contributed by atoms with Gasteiger partial charge in [-0.25, -0.2) is 8.78 Å². The van der Waals surface area contributed by atoms with E-state index in [0.29, 0.717) is 12.3 Å². The van der Waals surface area contributed by atoms with Crippen molar-refractivity contribution in [2.45, 2.75) is 51.6 Å². The van der Waals surface area contributed by atoms with Crippen LogP contribution in [0.3, 0.4) is 0 Å². The lowest BCUT2D eigenvalue weighted by atomic mass is 9.93. The molecule has 1 aliphatic rings. The van der Waals surface area contributed by atoms with Crippen LogP contribution in [0.5, 0.6) is 5.75 Å². The summed E-state index contributed by atoms with van der Waals surface area (Å²) >= 11 is 7.44. The first-order valence-corrected chi connectivity index (χ1v) is 13.7. The molecule has 4 aromatic rings. The van der Waals surface area contributed by atoms with Gasteiger partial charge >= 0.3 is 0 Å². The minimum absolute atomic E-state index is 0.00459. The van der Waals surface area contributed by atoms with E-state index in [9.17, 15) is 13.6 Å². The molecule has 0 unspecified atom stereocenters. The van der Waals surface area contributed by atoms with Crippen LogP contribution >= 0.6 is 22.9 Å². The highest BCUT2D eigenvalue weighted by molar-refractivity contribution is 7.21. The number of methoxy groups -OCH3 is 1. The number of carbonyl (C=O) groups is 1. The molecule has 192 valence electrons. The molecule has 5 rings (SSSR count). The van der Waals surface area contributed by atoms with E-state index in [1.807, 2.05) is 24.0 Å². The molecule has 0 saturated heterocycles. The largest absolute Gasteiger partial charge is 0.496 e. The lowest BCUT2D eigenvalue weighted by Gasteiger charge is -2.34. The molecule has 1 amide bonds. The highest BCUT2D eigenvalue weighted by Gasteiger charge is 2.31. The van der Waals surface area contributed by atoms with Crippen LogP contribution in [0, 0.1) is 18.6 Å². The molecule has 1 aliphatic carbocycles. The van der Waals surface area contributed by atoms with E-state index in [1.54, 1.807) is 7.11 Å². The first-order valence-electron chi connectivity index (χ1n) is 12.5. The molecule has 0 aliphatic heterocycles. The molecule has 37 heavy (non-hydrogen) atoms. The first kappa shape index (κ1) is 25.7. The standard InChI is InChI=1S/C30H28ClF2NO2S/c1-18-8-10-19(11-9-18)20-12-15-25(36-2)21(16-20)17-34(22-6-4-3-5-7-22)30(35)29-27(31)26-23(32)13-14-24(33)28(26)37-29/h8-16,22H,3-7,17H2,1-2H3. The zero-order chi connectivity index (χ0) is 26.1. The number of thiophene rings is 1. The maximum absolute atomic E-state index is 14.5. The van der Waals surface area contributed by atoms with Gasteiger partial charge in [-0.2, -0.15) is 0 Å². The van der Waals surface area contributed by atoms with Gasteiger partial charge in [0.15, 0.2) is 0 Å². The highest BCUT2D eigenvalue weighted by atomic mass is 35.5. The molecule has 1 fully saturated rings. The van der Waals surface area contributed by atoms with Gasteiger partial charge in [0.1, 0.15) is 22.3 Å². The Morgan fingerprint density at radius 2 is 1.68 bits per heavy atom. The summed E-state index contributed by atoms with van der Waals surface area (Å²) in [4.78, 5) is 16.0. The summed E-state index contributed by atoms with van der Waals surface area (Å²) in [6.45, 7) is 2.36. The van der Waals surface area contributed by atoms with Gasteiger partial charge in [-0.1, -0.05) is 66.8 Å². The van der Waals surface area contributed by atoms with Gasteiger partial charge in [0.25, 0.3) is 5.91 Å². The summed E-state index contributed by atoms with van der Waals surface area (Å²) in [5.74, 6) is -0.837. The molecule has 0 radical (unpaired) electrons. The van der Waals surface area contributed by atoms with Crippen LogP contribution in [0.1, 0.15) is 52.9 Å². The fourth-order valence-corrected chi connectivity index (χ4v) is 6.64. The fraction of sp³-hybridized carbons (Fsp3) is 0.300. The van der Waals surface area contributed by atoms with E-state index >= 15 is 0 Å². The predicted octanol–water partition coefficient (Wildman–Crippen LogP) is 8.79. The number of aryl methyl sites for hydroxylation is 1. The molecule has 1 saturated carbocycles. The Morgan fingerprint density at radius 1 is 1.00 bits per heavy atom. The smallest absolute Gasteiger partial charge is 0.266 e. The number of amides is 1. The predicted molar refractivity (Wildman–Crippen MR) is 147 cm³/mol. The van der Waals surface area contributed by atoms with Crippen molar-refractivity contribution in [2.24, 2.45) is 0 Å². The molecule has 1 heterocycles. The van der Waals surface area contributed by atoms with Gasteiger partial charge in [0, 0.05) is 18.2 Å². The first-order chi connectivity index (χ1) is 17.9. The van der Waals surface area contributed by atoms with E-state index in [-0.39, 0.29) is 31.9 Å². The summed E-state index contributed by atoms with van der Waals surface area (Å²) < 4.78 is 34.8. The summed E-state index contributed by atoms with van der Waals surface area (Å²) in [6, 6.07) is 16.4. The number of benzene rings is 3. The molecular weight excluding hydrogens is 512 g/mol. The average molecular weight is 540 g/mol. The minimum Gasteiger partial charge on any atom is -0.496 e. The van der Waals surface area contributed by atoms with Crippen molar-refractivity contribution < 1.29 is 18.3 Å². The molecule has 1 aromatic heterocycles. The zero-order valence-corrected chi connectivity index (χ0v) is 22.4. The zero-order valence-electron chi connectivity index (χ0n) is 20.8. The quantitative estimate of drug-likeness (QED) is 0.245. The van der Waals surface area contributed by atoms with Crippen molar-refractivity contribution in [3.63, 3.8) is 0 Å². The van der Waals surface area contributed by atoms with Crippen molar-refractivity contribution in [3.8, 4) is 16.9 Å². The Kier molecular flexibility index (Phi) is 7.50. The van der Waals surface area contributed by atoms with Crippen LogP contribution < -0.4 is 4.74 Å². The normalized spacial score (nSPS) is 14.2. The van der Waals surface area contributed by atoms with E-state index in [4.69, 9.17) is 16.3 Å². The molecule has 0 atom stereocenters. The Morgan fingerprint density at radius 3 is 2.35 bits per heavy atom. The number of ether oxygens (including phenoxy) is 1. The average Bonchev–Trinajstić information content (AvgIpc) is 3.28. The van der Waals surface area contributed by atoms with Gasteiger partial charge in [-0.05, 0) is 55.2 Å². The van der Waals surface area contributed by atoms with Crippen LogP contribution in [0.4, 0.5) is 8.78 Å². The van der Waals surface area contributed by atoms with Crippen LogP contribution in [-0.4, -0.2) is 24.0 Å². The molecule has 3 aromatic carbocycles. The number of nitrogens with zero attached hydrogens (tertiary/aromatic N) is 1. The van der Waals surface area contributed by atoms with Gasteiger partial charge in [0.2, 0.25) is 0 Å². The summed E-state index contributed by atoms with van der Waals surface area (Å²) in [5, 5.41) is -0.0549. The third kappa shape index (κ3) is 5.10. The maximum atomic E-state index is 14.5. The molecule has 7 heteroatoms. The van der Waals surface area contributed by atoms with Crippen molar-refractivity contribution >= 4 is 38.9 Å². The second-order valence-corrected chi connectivity index (χ2v) is 11.0. The number of rotatable bonds is 6. The maximum Gasteiger partial charge on any atom is 0.266 e. The Balaban J connectivity index is 1.56. The third-order valence-corrected chi connectivity index (χ3v) is 8.83. The molecule has 0 bridgehead atoms. The lowest BCUT2D eigenvalue weighted by Crippen LogP contribution is -2.40. The van der Waals surface area contributed by atoms with Gasteiger partial charge in [0.05, 0.1) is 22.2 Å². The number of halogens is 3. The summed E-state index contributed by atoms with van der Waals surface area (Å²) in [5.41, 5.74) is 4.15. The minimum atomic E-state index is -0.631. The highest BCUT2D eigenvalue weighted by Crippen LogP contribution is 2.40. The number of carbonyl (C=O) groups excluding carboxylic acids is 1. The van der Waals surface area contributed by atoms with E-state index < -0.39 is 11.6 Å². The van der Waals surface area contributed by atoms with Gasteiger partial charge in [-0.3, -0.25) is 4.79 Å². The van der Waals surface area contributed by atoms with E-state index in [0.717, 1.165) is 72.3 Å². The SMILES string of the molecule is COc1ccc(-c2ccc(C)cc2)cc1CN(C(=O)c1sc2c(F)ccc(F)c2c1Cl)C1CCCCC1. The molecule has 0 N–H and O–H groups in total. The Labute approximate surface area is 224 Å². The number of fused-ring (bicyclic) bond motifs is 1. The van der Waals surface area contributed by atoms with Crippen LogP contribution in [0.15, 0.2) is 54.6 Å². The summed E-state index contributed by atoms with van der Waals surface area (Å²) in [7, 11) is 1.62. The molecule has 0 spiro atoms. The second-order valence-electron chi connectivity index (χ2n) is 9.60. The van der Waals surface area contributed by atoms with Crippen molar-refractivity contribution in [3.05, 3.63) is 87.3 Å². The topological polar surface area (TPSA) is 29.5 Å². The Bertz CT molecular complexity index is 1440. The van der Waals surface area contributed by atoms with Crippen molar-refractivity contribution in [1.29, 1.82) is 0 Å². The molecular formula is C30H28ClF2NO2S. The summed E-state index contributed by atoms with van der Waals surface area (Å²) in [6.07, 6.45) is 4.93. The Hall–Kier alpha value is -2.96. The van der Waals surface area contributed by atoms with Crippen LogP contribution in [0.25, 0.3) is 21.2 Å². The fourth-order valence-electron chi connectivity index (χ4n) is 5.14. The van der Waals surface area contributed by atoms with Crippen molar-refractivity contribution in [1.82, 2.24) is 4.90 Å². The van der Waals surface area contributed by atoms with Crippen LogP contribution in [0.2, 0.25) is 5.02 Å². The van der Waals surface area contributed by atoms with E-state index in [1.165, 1.54) is 5.56 Å². The van der Waals surface area contributed by atoms with E-state index in [2.05, 4.69) is 30.3 Å². The molecule has 3 nitrogen and oxygen atoms in total. The van der Waals surface area contributed by atoms with Gasteiger partial charge in [-0.15, -0.1) is 11.3 Å².